The standard InChI is InChI=1S/C38H41N7O5/c1-2-20-39-24-35(47)45-33(21-27-16-18-31(46)19-17-27)37(49)44(26-34(45)43-38(50)41-23-29-12-7-4-8-13-29)25-30-14-9-15-32(42-30)36(48)40-22-28-10-5-3-6-11-28/h2-19,33-34,39,46H,1,20-26H2,(H,40,48)(H2,41,43,50)/p+1/t33-,34+/m0/s1. The number of urea groups is 1. The number of pyridine rings is 1. The third kappa shape index (κ3) is 9.77. The van der Waals surface area contributed by atoms with E-state index in [1.54, 1.807) is 46.6 Å². The van der Waals surface area contributed by atoms with Gasteiger partial charge in [0.15, 0.2) is 6.54 Å². The molecule has 5 rings (SSSR count). The number of hydrogen-bond donors (Lipinski definition) is 5. The van der Waals surface area contributed by atoms with Gasteiger partial charge in [-0.1, -0.05) is 85.4 Å². The van der Waals surface area contributed by atoms with Crippen LogP contribution >= 0.6 is 0 Å². The number of piperazine rings is 1. The lowest BCUT2D eigenvalue weighted by Crippen LogP contribution is -2.87. The van der Waals surface area contributed by atoms with E-state index in [4.69, 9.17) is 0 Å². The quantitative estimate of drug-likeness (QED) is 0.102. The summed E-state index contributed by atoms with van der Waals surface area (Å²) in [7, 11) is 0. The first-order chi connectivity index (χ1) is 24.3. The molecule has 1 saturated heterocycles. The minimum atomic E-state index is -0.977. The molecule has 1 fully saturated rings. The normalized spacial score (nSPS) is 15.6. The second-order valence-electron chi connectivity index (χ2n) is 11.9. The Bertz CT molecular complexity index is 1770. The Labute approximate surface area is 291 Å². The van der Waals surface area contributed by atoms with E-state index in [1.807, 2.05) is 60.7 Å². The molecule has 0 spiro atoms. The van der Waals surface area contributed by atoms with E-state index >= 15 is 0 Å². The Morgan fingerprint density at radius 2 is 1.52 bits per heavy atom. The van der Waals surface area contributed by atoms with Crippen LogP contribution in [0.25, 0.3) is 0 Å². The van der Waals surface area contributed by atoms with E-state index in [-0.39, 0.29) is 61.8 Å². The number of amides is 5. The predicted molar refractivity (Wildman–Crippen MR) is 187 cm³/mol. The number of aromatic nitrogens is 1. The van der Waals surface area contributed by atoms with E-state index in [2.05, 4.69) is 27.5 Å². The number of phenolic OH excluding ortho intramolecular Hbond substituents is 1. The summed E-state index contributed by atoms with van der Waals surface area (Å²) in [6.07, 6.45) is 0.940. The van der Waals surface area contributed by atoms with Crippen LogP contribution in [0.3, 0.4) is 0 Å². The van der Waals surface area contributed by atoms with Crippen LogP contribution in [0.5, 0.6) is 5.75 Å². The lowest BCUT2D eigenvalue weighted by Gasteiger charge is -2.45. The second-order valence-corrected chi connectivity index (χ2v) is 11.9. The van der Waals surface area contributed by atoms with Gasteiger partial charge in [-0.15, -0.1) is 0 Å². The van der Waals surface area contributed by atoms with Crippen LogP contribution in [0.1, 0.15) is 32.9 Å². The van der Waals surface area contributed by atoms with Crippen molar-refractivity contribution in [3.63, 3.8) is 0 Å². The Morgan fingerprint density at radius 1 is 0.860 bits per heavy atom. The van der Waals surface area contributed by atoms with Crippen LogP contribution < -0.4 is 21.3 Å². The van der Waals surface area contributed by atoms with Gasteiger partial charge in [0.2, 0.25) is 5.91 Å². The van der Waals surface area contributed by atoms with E-state index in [1.165, 1.54) is 17.0 Å². The van der Waals surface area contributed by atoms with Crippen molar-refractivity contribution in [1.82, 2.24) is 30.7 Å². The van der Waals surface area contributed by atoms with E-state index < -0.39 is 18.2 Å². The number of hydrogen-bond acceptors (Lipinski definition) is 6. The first kappa shape index (κ1) is 35.3. The molecule has 0 saturated carbocycles. The molecular formula is C38H42N7O5+. The molecule has 2 heterocycles. The molecule has 0 bridgehead atoms. The van der Waals surface area contributed by atoms with Crippen LogP contribution in [0.15, 0.2) is 116 Å². The van der Waals surface area contributed by atoms with Crippen molar-refractivity contribution < 1.29 is 29.6 Å². The molecule has 50 heavy (non-hydrogen) atoms. The molecular weight excluding hydrogens is 634 g/mol. The molecule has 3 aromatic carbocycles. The van der Waals surface area contributed by atoms with Crippen molar-refractivity contribution in [3.05, 3.63) is 144 Å². The number of quaternary nitrogens is 1. The number of carbonyl (C=O) groups excluding carboxylic acids is 4. The van der Waals surface area contributed by atoms with Gasteiger partial charge < -0.3 is 36.2 Å². The molecule has 0 aliphatic carbocycles. The van der Waals surface area contributed by atoms with E-state index in [0.29, 0.717) is 18.8 Å². The Balaban J connectivity index is 1.39. The summed E-state index contributed by atoms with van der Waals surface area (Å²) in [6, 6.07) is 29.0. The fourth-order valence-corrected chi connectivity index (χ4v) is 5.75. The van der Waals surface area contributed by atoms with E-state index in [0.717, 1.165) is 16.7 Å². The highest BCUT2D eigenvalue weighted by Gasteiger charge is 2.44. The SMILES string of the molecule is C=CC[NH2+]CC(=O)N1[C@@H](NC(=O)NCc2ccccc2)CN(Cc2cccc(C(=O)NCc3ccccc3)n2)C(=O)[C@@H]1Cc1ccc(O)cc1. The number of phenols is 1. The lowest BCUT2D eigenvalue weighted by atomic mass is 9.99. The number of nitrogens with two attached hydrogens (primary N) is 1. The summed E-state index contributed by atoms with van der Waals surface area (Å²) < 4.78 is 0. The highest BCUT2D eigenvalue weighted by molar-refractivity contribution is 5.92. The zero-order valence-electron chi connectivity index (χ0n) is 27.7. The monoisotopic (exact) mass is 676 g/mol. The summed E-state index contributed by atoms with van der Waals surface area (Å²) in [4.78, 5) is 61.9. The molecule has 0 unspecified atom stereocenters. The van der Waals surface area contributed by atoms with Crippen molar-refractivity contribution in [2.75, 3.05) is 19.6 Å². The average Bonchev–Trinajstić information content (AvgIpc) is 3.13. The van der Waals surface area contributed by atoms with E-state index in [9.17, 15) is 24.3 Å². The topological polar surface area (TPSA) is 161 Å². The minimum Gasteiger partial charge on any atom is -0.508 e. The maximum Gasteiger partial charge on any atom is 0.316 e. The number of carbonyl (C=O) groups is 4. The Kier molecular flexibility index (Phi) is 12.3. The van der Waals surface area contributed by atoms with Gasteiger partial charge in [0.1, 0.15) is 23.7 Å². The fourth-order valence-electron chi connectivity index (χ4n) is 5.75. The molecule has 5 amide bonds. The van der Waals surface area contributed by atoms with Gasteiger partial charge in [0.25, 0.3) is 11.8 Å². The molecule has 1 aliphatic heterocycles. The van der Waals surface area contributed by atoms with Gasteiger partial charge >= 0.3 is 6.03 Å². The molecule has 1 aliphatic rings. The summed E-state index contributed by atoms with van der Waals surface area (Å²) in [5.41, 5.74) is 3.24. The number of aromatic hydroxyl groups is 1. The fraction of sp³-hybridized carbons (Fsp3) is 0.237. The maximum atomic E-state index is 14.3. The number of nitrogens with one attached hydrogen (secondary N) is 3. The van der Waals surface area contributed by atoms with Crippen LogP contribution in [0.4, 0.5) is 4.79 Å². The average molecular weight is 677 g/mol. The molecule has 0 radical (unpaired) electrons. The molecule has 258 valence electrons. The summed E-state index contributed by atoms with van der Waals surface area (Å²) >= 11 is 0. The van der Waals surface area contributed by atoms with Crippen molar-refractivity contribution in [2.45, 2.75) is 38.3 Å². The molecule has 4 aromatic rings. The van der Waals surface area contributed by atoms with Crippen LogP contribution in [0.2, 0.25) is 0 Å². The van der Waals surface area contributed by atoms with Crippen molar-refractivity contribution in [3.8, 4) is 5.75 Å². The first-order valence-electron chi connectivity index (χ1n) is 16.5. The van der Waals surface area contributed by atoms with Crippen molar-refractivity contribution >= 4 is 23.8 Å². The van der Waals surface area contributed by atoms with Crippen molar-refractivity contribution in [1.29, 1.82) is 0 Å². The second kappa shape index (κ2) is 17.4. The van der Waals surface area contributed by atoms with Crippen LogP contribution in [0, 0.1) is 0 Å². The molecule has 2 atom stereocenters. The zero-order valence-corrected chi connectivity index (χ0v) is 27.7. The predicted octanol–water partition coefficient (Wildman–Crippen LogP) is 2.07. The summed E-state index contributed by atoms with van der Waals surface area (Å²) in [5.74, 6) is -0.940. The minimum absolute atomic E-state index is 0.0109. The molecule has 12 nitrogen and oxygen atoms in total. The van der Waals surface area contributed by atoms with Gasteiger partial charge in [-0.2, -0.15) is 0 Å². The van der Waals surface area contributed by atoms with Gasteiger partial charge in [-0.3, -0.25) is 14.4 Å². The van der Waals surface area contributed by atoms with Gasteiger partial charge in [-0.25, -0.2) is 9.78 Å². The maximum absolute atomic E-state index is 14.3. The van der Waals surface area contributed by atoms with Crippen molar-refractivity contribution in [2.24, 2.45) is 0 Å². The lowest BCUT2D eigenvalue weighted by molar-refractivity contribution is -0.635. The van der Waals surface area contributed by atoms with Crippen LogP contribution in [-0.4, -0.2) is 75.5 Å². The molecule has 6 N–H and O–H groups in total. The first-order valence-corrected chi connectivity index (χ1v) is 16.5. The third-order valence-corrected chi connectivity index (χ3v) is 8.25. The van der Waals surface area contributed by atoms with Gasteiger partial charge in [0.05, 0.1) is 25.3 Å². The highest BCUT2D eigenvalue weighted by atomic mass is 16.3. The number of rotatable bonds is 14. The highest BCUT2D eigenvalue weighted by Crippen LogP contribution is 2.23. The third-order valence-electron chi connectivity index (χ3n) is 8.25. The summed E-state index contributed by atoms with van der Waals surface area (Å²) in [6.45, 7) is 4.89. The number of nitrogens with zero attached hydrogens (tertiary/aromatic N) is 3. The smallest absolute Gasteiger partial charge is 0.316 e. The van der Waals surface area contributed by atoms with Gasteiger partial charge in [-0.05, 0) is 47.0 Å². The molecule has 12 heteroatoms. The summed E-state index contributed by atoms with van der Waals surface area (Å²) in [5, 5.41) is 20.3. The van der Waals surface area contributed by atoms with Gasteiger partial charge in [0, 0.05) is 19.5 Å². The number of benzene rings is 3. The Morgan fingerprint density at radius 3 is 2.18 bits per heavy atom. The largest absolute Gasteiger partial charge is 0.508 e. The van der Waals surface area contributed by atoms with Crippen LogP contribution in [-0.2, 0) is 35.6 Å². The Hall–Kier alpha value is -6.01. The molecule has 1 aromatic heterocycles. The zero-order chi connectivity index (χ0) is 35.3.